The summed E-state index contributed by atoms with van der Waals surface area (Å²) in [6, 6.07) is 9.67. The van der Waals surface area contributed by atoms with Crippen LogP contribution in [0, 0.1) is 0 Å². The van der Waals surface area contributed by atoms with Gasteiger partial charge in [0.05, 0.1) is 0 Å². The van der Waals surface area contributed by atoms with Gasteiger partial charge in [0, 0.05) is 0 Å². The van der Waals surface area contributed by atoms with Crippen LogP contribution in [0.25, 0.3) is 0 Å². The maximum absolute atomic E-state index is 11.8. The molecule has 0 aromatic heterocycles. The first kappa shape index (κ1) is 17.5. The van der Waals surface area contributed by atoms with Crippen LogP contribution < -0.4 is 10.6 Å². The van der Waals surface area contributed by atoms with Crippen LogP contribution in [0.2, 0.25) is 5.82 Å². The van der Waals surface area contributed by atoms with Gasteiger partial charge in [-0.25, -0.2) is 0 Å². The van der Waals surface area contributed by atoms with E-state index in [1.807, 2.05) is 36.2 Å². The molecular weight excluding hydrogens is 335 g/mol. The summed E-state index contributed by atoms with van der Waals surface area (Å²) in [6.07, 6.45) is -0.494. The third-order valence-corrected chi connectivity index (χ3v) is 3.48. The van der Waals surface area contributed by atoms with Crippen LogP contribution in [0.15, 0.2) is 30.3 Å². The molecule has 116 valence electrons. The van der Waals surface area contributed by atoms with E-state index < -0.39 is 17.9 Å². The van der Waals surface area contributed by atoms with E-state index >= 15 is 0 Å². The van der Waals surface area contributed by atoms with E-state index in [1.54, 1.807) is 20.8 Å². The van der Waals surface area contributed by atoms with Gasteiger partial charge in [-0.3, -0.25) is 0 Å². The molecule has 0 radical (unpaired) electrons. The molecule has 0 heterocycles. The van der Waals surface area contributed by atoms with Crippen LogP contribution in [-0.2, 0) is 11.2 Å². The maximum atomic E-state index is 11.8. The second kappa shape index (κ2) is 8.05. The number of carbonyl (C=O) groups excluding carboxylic acids is 2. The summed E-state index contributed by atoms with van der Waals surface area (Å²) in [5, 5.41) is 5.51. The van der Waals surface area contributed by atoms with Crippen molar-refractivity contribution in [1.82, 2.24) is 10.6 Å². The SMILES string of the molecule is C[Se]C(=O)N[C@H](Cc1ccccc1)NC(=O)OC(C)(C)C. The monoisotopic (exact) mass is 358 g/mol. The molecule has 1 atom stereocenters. The van der Waals surface area contributed by atoms with E-state index in [2.05, 4.69) is 10.6 Å². The Morgan fingerprint density at radius 1 is 1.19 bits per heavy atom. The minimum absolute atomic E-state index is 0.0560. The van der Waals surface area contributed by atoms with Crippen molar-refractivity contribution >= 4 is 25.9 Å². The molecule has 0 aliphatic carbocycles. The molecule has 2 amide bonds. The summed E-state index contributed by atoms with van der Waals surface area (Å²) in [5.41, 5.74) is 0.461. The standard InChI is InChI=1S/C15H22N2O3Se/c1-15(2,3)20-13(18)16-12(17-14(19)21-4)10-11-8-6-5-7-9-11/h5-9,12H,10H2,1-4H3,(H,16,18)(H,17,19)/t12-/m1/s1. The molecule has 2 N–H and O–H groups in total. The normalized spacial score (nSPS) is 12.4. The van der Waals surface area contributed by atoms with Gasteiger partial charge in [-0.15, -0.1) is 0 Å². The average Bonchev–Trinajstić information content (AvgIpc) is 2.37. The van der Waals surface area contributed by atoms with E-state index in [-0.39, 0.29) is 19.8 Å². The van der Waals surface area contributed by atoms with Crippen molar-refractivity contribution in [3.63, 3.8) is 0 Å². The van der Waals surface area contributed by atoms with Gasteiger partial charge in [-0.2, -0.15) is 0 Å². The number of benzene rings is 1. The van der Waals surface area contributed by atoms with Crippen LogP contribution in [0.5, 0.6) is 0 Å². The molecule has 21 heavy (non-hydrogen) atoms. The van der Waals surface area contributed by atoms with Gasteiger partial charge in [-0.05, 0) is 0 Å². The molecule has 0 spiro atoms. The molecule has 0 unspecified atom stereocenters. The van der Waals surface area contributed by atoms with Gasteiger partial charge in [-0.1, -0.05) is 0 Å². The zero-order chi connectivity index (χ0) is 15.9. The Kier molecular flexibility index (Phi) is 6.72. The first-order valence-electron chi connectivity index (χ1n) is 6.68. The Labute approximate surface area is 132 Å². The molecular formula is C15H22N2O3Se. The van der Waals surface area contributed by atoms with Crippen LogP contribution in [0.4, 0.5) is 9.59 Å². The van der Waals surface area contributed by atoms with E-state index in [1.165, 1.54) is 0 Å². The zero-order valence-electron chi connectivity index (χ0n) is 12.8. The fraction of sp³-hybridized carbons (Fsp3) is 0.467. The molecule has 6 heteroatoms. The van der Waals surface area contributed by atoms with Gasteiger partial charge >= 0.3 is 131 Å². The summed E-state index contributed by atoms with van der Waals surface area (Å²) in [6.45, 7) is 5.39. The first-order valence-corrected chi connectivity index (χ1v) is 9.25. The zero-order valence-corrected chi connectivity index (χ0v) is 14.5. The molecule has 1 aromatic rings. The second-order valence-electron chi connectivity index (χ2n) is 5.52. The Morgan fingerprint density at radius 2 is 1.81 bits per heavy atom. The number of carbonyl (C=O) groups is 2. The molecule has 0 aliphatic heterocycles. The quantitative estimate of drug-likeness (QED) is 0.629. The number of rotatable bonds is 5. The minimum atomic E-state index is -0.569. The number of ether oxygens (including phenoxy) is 1. The molecule has 0 saturated heterocycles. The van der Waals surface area contributed by atoms with Crippen LogP contribution in [0.3, 0.4) is 0 Å². The Balaban J connectivity index is 2.68. The molecule has 1 rings (SSSR count). The third-order valence-electron chi connectivity index (χ3n) is 2.45. The predicted octanol–water partition coefficient (Wildman–Crippen LogP) is 2.54. The van der Waals surface area contributed by atoms with Crippen LogP contribution >= 0.6 is 0 Å². The summed E-state index contributed by atoms with van der Waals surface area (Å²) in [7, 11) is 0. The van der Waals surface area contributed by atoms with Gasteiger partial charge in [0.25, 0.3) is 0 Å². The van der Waals surface area contributed by atoms with Crippen molar-refractivity contribution in [3.8, 4) is 0 Å². The van der Waals surface area contributed by atoms with Crippen molar-refractivity contribution in [2.75, 3.05) is 0 Å². The molecule has 1 aromatic carbocycles. The van der Waals surface area contributed by atoms with Crippen molar-refractivity contribution in [1.29, 1.82) is 0 Å². The fourth-order valence-corrected chi connectivity index (χ4v) is 2.18. The van der Waals surface area contributed by atoms with E-state index in [0.29, 0.717) is 6.42 Å². The topological polar surface area (TPSA) is 67.4 Å². The van der Waals surface area contributed by atoms with Gasteiger partial charge in [0.2, 0.25) is 0 Å². The summed E-state index contributed by atoms with van der Waals surface area (Å²) < 4.78 is 5.22. The summed E-state index contributed by atoms with van der Waals surface area (Å²) >= 11 is -0.162. The van der Waals surface area contributed by atoms with E-state index in [4.69, 9.17) is 4.74 Å². The first-order chi connectivity index (χ1) is 9.80. The molecule has 0 bridgehead atoms. The predicted molar refractivity (Wildman–Crippen MR) is 83.5 cm³/mol. The average molecular weight is 357 g/mol. The Morgan fingerprint density at radius 3 is 2.33 bits per heavy atom. The second-order valence-corrected chi connectivity index (χ2v) is 7.16. The number of hydrogen-bond donors (Lipinski definition) is 2. The van der Waals surface area contributed by atoms with Crippen LogP contribution in [0.1, 0.15) is 26.3 Å². The van der Waals surface area contributed by atoms with Gasteiger partial charge in [0.1, 0.15) is 0 Å². The van der Waals surface area contributed by atoms with Gasteiger partial charge in [0.15, 0.2) is 0 Å². The number of hydrogen-bond acceptors (Lipinski definition) is 3. The van der Waals surface area contributed by atoms with E-state index in [0.717, 1.165) is 5.56 Å². The summed E-state index contributed by atoms with van der Waals surface area (Å²) in [5.74, 6) is 1.83. The van der Waals surface area contributed by atoms with Gasteiger partial charge < -0.3 is 0 Å². The number of nitrogens with one attached hydrogen (secondary N) is 2. The molecule has 0 aliphatic rings. The van der Waals surface area contributed by atoms with E-state index in [9.17, 15) is 9.59 Å². The molecule has 0 fully saturated rings. The molecule has 0 saturated carbocycles. The fourth-order valence-electron chi connectivity index (χ4n) is 1.64. The summed E-state index contributed by atoms with van der Waals surface area (Å²) in [4.78, 5) is 23.4. The van der Waals surface area contributed by atoms with Crippen molar-refractivity contribution in [2.45, 2.75) is 44.8 Å². The van der Waals surface area contributed by atoms with Crippen molar-refractivity contribution in [2.24, 2.45) is 0 Å². The Hall–Kier alpha value is -1.52. The van der Waals surface area contributed by atoms with Crippen LogP contribution in [-0.4, -0.2) is 37.6 Å². The number of alkyl carbamates (subject to hydrolysis) is 1. The Bertz CT molecular complexity index is 472. The third kappa shape index (κ3) is 7.73. The van der Waals surface area contributed by atoms with Crippen molar-refractivity contribution in [3.05, 3.63) is 35.9 Å². The molecule has 5 nitrogen and oxygen atoms in total. The number of amides is 2. The van der Waals surface area contributed by atoms with Crippen molar-refractivity contribution < 1.29 is 14.3 Å².